The summed E-state index contributed by atoms with van der Waals surface area (Å²) < 4.78 is 5.15. The summed E-state index contributed by atoms with van der Waals surface area (Å²) in [5.41, 5.74) is 4.48. The summed E-state index contributed by atoms with van der Waals surface area (Å²) >= 11 is 0. The summed E-state index contributed by atoms with van der Waals surface area (Å²) in [5, 5.41) is 13.0. The third-order valence-corrected chi connectivity index (χ3v) is 3.32. The first kappa shape index (κ1) is 15.0. The highest BCUT2D eigenvalue weighted by Gasteiger charge is 2.29. The van der Waals surface area contributed by atoms with Crippen molar-refractivity contribution in [3.63, 3.8) is 0 Å². The Morgan fingerprint density at radius 2 is 2.14 bits per heavy atom. The van der Waals surface area contributed by atoms with Gasteiger partial charge in [-0.05, 0) is 43.5 Å². The molecule has 0 radical (unpaired) electrons. The lowest BCUT2D eigenvalue weighted by Gasteiger charge is -2.09. The van der Waals surface area contributed by atoms with E-state index in [-0.39, 0.29) is 18.2 Å². The molecule has 0 aliphatic heterocycles. The van der Waals surface area contributed by atoms with Gasteiger partial charge in [-0.1, -0.05) is 0 Å². The number of hydrazone groups is 1. The molecule has 0 heterocycles. The number of benzene rings is 1. The van der Waals surface area contributed by atoms with Crippen LogP contribution in [0.1, 0.15) is 30.9 Å². The normalized spacial score (nSPS) is 14.7. The van der Waals surface area contributed by atoms with Crippen LogP contribution in [0, 0.1) is 5.92 Å². The molecular weight excluding hydrogens is 272 g/mol. The predicted molar refractivity (Wildman–Crippen MR) is 77.4 cm³/mol. The van der Waals surface area contributed by atoms with E-state index in [1.807, 2.05) is 0 Å². The van der Waals surface area contributed by atoms with Gasteiger partial charge >= 0.3 is 5.97 Å². The van der Waals surface area contributed by atoms with E-state index < -0.39 is 5.97 Å². The van der Waals surface area contributed by atoms with Crippen LogP contribution in [0.3, 0.4) is 0 Å². The van der Waals surface area contributed by atoms with E-state index in [0.29, 0.717) is 17.0 Å². The van der Waals surface area contributed by atoms with Crippen LogP contribution >= 0.6 is 0 Å². The predicted octanol–water partition coefficient (Wildman–Crippen LogP) is 1.57. The minimum absolute atomic E-state index is 0.0615. The van der Waals surface area contributed by atoms with Gasteiger partial charge in [0.2, 0.25) is 5.91 Å². The number of rotatable bonds is 6. The minimum atomic E-state index is -0.929. The third kappa shape index (κ3) is 4.05. The summed E-state index contributed by atoms with van der Waals surface area (Å²) in [6.07, 6.45) is 1.72. The number of amides is 1. The first-order chi connectivity index (χ1) is 10.0. The minimum Gasteiger partial charge on any atom is -0.496 e. The maximum Gasteiger partial charge on any atom is 0.307 e. The van der Waals surface area contributed by atoms with Gasteiger partial charge in [0.05, 0.1) is 19.2 Å². The van der Waals surface area contributed by atoms with Gasteiger partial charge in [0, 0.05) is 11.5 Å². The average molecular weight is 290 g/mol. The van der Waals surface area contributed by atoms with E-state index >= 15 is 0 Å². The summed E-state index contributed by atoms with van der Waals surface area (Å²) in [5.74, 6) is -0.369. The SMILES string of the molecule is COc1ccc(/C(C)=N\NC(=O)C2CC2)cc1CC(=O)O. The Kier molecular flexibility index (Phi) is 4.57. The second kappa shape index (κ2) is 6.39. The molecule has 1 aromatic rings. The van der Waals surface area contributed by atoms with Gasteiger partial charge in [-0.2, -0.15) is 5.10 Å². The molecule has 0 spiro atoms. The quantitative estimate of drug-likeness (QED) is 0.615. The number of ether oxygens (including phenoxy) is 1. The monoisotopic (exact) mass is 290 g/mol. The van der Waals surface area contributed by atoms with Crippen LogP contribution in [-0.4, -0.2) is 29.8 Å². The molecule has 6 nitrogen and oxygen atoms in total. The molecule has 0 unspecified atom stereocenters. The van der Waals surface area contributed by atoms with Crippen molar-refractivity contribution in [2.75, 3.05) is 7.11 Å². The molecule has 0 aromatic heterocycles. The molecule has 2 N–H and O–H groups in total. The number of carbonyl (C=O) groups excluding carboxylic acids is 1. The number of nitrogens with one attached hydrogen (secondary N) is 1. The fourth-order valence-corrected chi connectivity index (χ4v) is 1.95. The Labute approximate surface area is 122 Å². The molecule has 1 aliphatic rings. The van der Waals surface area contributed by atoms with Gasteiger partial charge < -0.3 is 9.84 Å². The van der Waals surface area contributed by atoms with Crippen LogP contribution < -0.4 is 10.2 Å². The largest absolute Gasteiger partial charge is 0.496 e. The van der Waals surface area contributed by atoms with Crippen molar-refractivity contribution in [2.45, 2.75) is 26.2 Å². The van der Waals surface area contributed by atoms with Gasteiger partial charge in [-0.15, -0.1) is 0 Å². The molecule has 1 aliphatic carbocycles. The number of carboxylic acid groups (broad SMARTS) is 1. The number of methoxy groups -OCH3 is 1. The van der Waals surface area contributed by atoms with Gasteiger partial charge in [-0.3, -0.25) is 9.59 Å². The smallest absolute Gasteiger partial charge is 0.307 e. The molecular formula is C15H18N2O4. The molecule has 1 amide bonds. The van der Waals surface area contributed by atoms with E-state index in [1.54, 1.807) is 25.1 Å². The van der Waals surface area contributed by atoms with Crippen molar-refractivity contribution in [3.05, 3.63) is 29.3 Å². The molecule has 1 saturated carbocycles. The molecule has 0 bridgehead atoms. The maximum absolute atomic E-state index is 11.5. The Morgan fingerprint density at radius 3 is 2.71 bits per heavy atom. The first-order valence-electron chi connectivity index (χ1n) is 6.74. The van der Waals surface area contributed by atoms with E-state index in [9.17, 15) is 9.59 Å². The van der Waals surface area contributed by atoms with Crippen molar-refractivity contribution in [3.8, 4) is 5.75 Å². The summed E-state index contributed by atoms with van der Waals surface area (Å²) in [7, 11) is 1.50. The van der Waals surface area contributed by atoms with Crippen molar-refractivity contribution >= 4 is 17.6 Å². The molecule has 2 rings (SSSR count). The Morgan fingerprint density at radius 1 is 1.43 bits per heavy atom. The number of carbonyl (C=O) groups is 2. The molecule has 0 atom stereocenters. The van der Waals surface area contributed by atoms with Crippen LogP contribution in [-0.2, 0) is 16.0 Å². The van der Waals surface area contributed by atoms with E-state index in [4.69, 9.17) is 9.84 Å². The second-order valence-electron chi connectivity index (χ2n) is 5.04. The summed E-state index contributed by atoms with van der Waals surface area (Å²) in [4.78, 5) is 22.4. The van der Waals surface area contributed by atoms with Gasteiger partial charge in [-0.25, -0.2) is 5.43 Å². The second-order valence-corrected chi connectivity index (χ2v) is 5.04. The van der Waals surface area contributed by atoms with Crippen LogP contribution in [0.15, 0.2) is 23.3 Å². The van der Waals surface area contributed by atoms with Crippen molar-refractivity contribution in [1.29, 1.82) is 0 Å². The molecule has 1 aromatic carbocycles. The highest BCUT2D eigenvalue weighted by atomic mass is 16.5. The topological polar surface area (TPSA) is 88.0 Å². The number of hydrogen-bond donors (Lipinski definition) is 2. The van der Waals surface area contributed by atoms with Crippen molar-refractivity contribution in [2.24, 2.45) is 11.0 Å². The number of hydrogen-bond acceptors (Lipinski definition) is 4. The van der Waals surface area contributed by atoms with Gasteiger partial charge in [0.15, 0.2) is 0 Å². The lowest BCUT2D eigenvalue weighted by atomic mass is 10.0. The van der Waals surface area contributed by atoms with Crippen LogP contribution in [0.5, 0.6) is 5.75 Å². The molecule has 21 heavy (non-hydrogen) atoms. The van der Waals surface area contributed by atoms with Crippen LogP contribution in [0.2, 0.25) is 0 Å². The average Bonchev–Trinajstić information content (AvgIpc) is 3.28. The fourth-order valence-electron chi connectivity index (χ4n) is 1.95. The highest BCUT2D eigenvalue weighted by Crippen LogP contribution is 2.28. The van der Waals surface area contributed by atoms with E-state index in [1.165, 1.54) is 7.11 Å². The first-order valence-corrected chi connectivity index (χ1v) is 6.74. The maximum atomic E-state index is 11.5. The lowest BCUT2D eigenvalue weighted by Crippen LogP contribution is -2.20. The Balaban J connectivity index is 2.15. The fraction of sp³-hybridized carbons (Fsp3) is 0.400. The molecule has 0 saturated heterocycles. The third-order valence-electron chi connectivity index (χ3n) is 3.32. The number of nitrogens with zero attached hydrogens (tertiary/aromatic N) is 1. The van der Waals surface area contributed by atoms with Crippen LogP contribution in [0.25, 0.3) is 0 Å². The molecule has 1 fully saturated rings. The zero-order valence-corrected chi connectivity index (χ0v) is 12.0. The number of carboxylic acids is 1. The summed E-state index contributed by atoms with van der Waals surface area (Å²) in [6.45, 7) is 1.76. The highest BCUT2D eigenvalue weighted by molar-refractivity contribution is 5.99. The Hall–Kier alpha value is -2.37. The molecule has 6 heteroatoms. The standard InChI is InChI=1S/C15H18N2O4/c1-9(16-17-15(20)10-3-4-10)11-5-6-13(21-2)12(7-11)8-14(18)19/h5-7,10H,3-4,8H2,1-2H3,(H,17,20)(H,18,19)/b16-9-. The van der Waals surface area contributed by atoms with Crippen molar-refractivity contribution in [1.82, 2.24) is 5.43 Å². The van der Waals surface area contributed by atoms with Crippen LogP contribution in [0.4, 0.5) is 0 Å². The molecule has 112 valence electrons. The Bertz CT molecular complexity index is 591. The zero-order chi connectivity index (χ0) is 15.4. The van der Waals surface area contributed by atoms with E-state index in [0.717, 1.165) is 18.4 Å². The lowest BCUT2D eigenvalue weighted by molar-refractivity contribution is -0.136. The zero-order valence-electron chi connectivity index (χ0n) is 12.0. The number of aliphatic carboxylic acids is 1. The van der Waals surface area contributed by atoms with Crippen molar-refractivity contribution < 1.29 is 19.4 Å². The van der Waals surface area contributed by atoms with Gasteiger partial charge in [0.1, 0.15) is 5.75 Å². The van der Waals surface area contributed by atoms with Gasteiger partial charge in [0.25, 0.3) is 0 Å². The summed E-state index contributed by atoms with van der Waals surface area (Å²) in [6, 6.07) is 5.21. The van der Waals surface area contributed by atoms with E-state index in [2.05, 4.69) is 10.5 Å².